The molecule has 0 spiro atoms. The molecule has 0 saturated heterocycles. The minimum atomic E-state index is -0.766. The third-order valence-electron chi connectivity index (χ3n) is 5.12. The summed E-state index contributed by atoms with van der Waals surface area (Å²) in [6.45, 7) is 9.19. The van der Waals surface area contributed by atoms with Crippen molar-refractivity contribution in [2.24, 2.45) is 4.99 Å². The predicted octanol–water partition coefficient (Wildman–Crippen LogP) is 4.66. The van der Waals surface area contributed by atoms with Crippen molar-refractivity contribution in [1.82, 2.24) is 10.2 Å². The van der Waals surface area contributed by atoms with E-state index in [4.69, 9.17) is 4.74 Å². The van der Waals surface area contributed by atoms with Gasteiger partial charge in [-0.3, -0.25) is 4.79 Å². The number of ether oxygens (including phenoxy) is 1. The Hall–Kier alpha value is -2.61. The van der Waals surface area contributed by atoms with Crippen LogP contribution in [0, 0.1) is 5.82 Å². The Morgan fingerprint density at radius 1 is 1.29 bits per heavy atom. The lowest BCUT2D eigenvalue weighted by atomic mass is 9.93. The van der Waals surface area contributed by atoms with Crippen molar-refractivity contribution in [1.29, 1.82) is 0 Å². The van der Waals surface area contributed by atoms with Gasteiger partial charge in [-0.1, -0.05) is 36.9 Å². The van der Waals surface area contributed by atoms with Crippen LogP contribution in [0.2, 0.25) is 0 Å². The van der Waals surface area contributed by atoms with Gasteiger partial charge in [-0.05, 0) is 45.6 Å². The molecule has 0 unspecified atom stereocenters. The van der Waals surface area contributed by atoms with Gasteiger partial charge in [-0.15, -0.1) is 0 Å². The molecule has 3 rings (SSSR count). The van der Waals surface area contributed by atoms with Gasteiger partial charge in [0.1, 0.15) is 5.82 Å². The number of aliphatic imine (C=N–C) groups is 1. The third-order valence-corrected chi connectivity index (χ3v) is 6.01. The number of hydrogen-bond donors (Lipinski definition) is 1. The van der Waals surface area contributed by atoms with E-state index in [9.17, 15) is 14.0 Å². The average Bonchev–Trinajstić information content (AvgIpc) is 3.08. The van der Waals surface area contributed by atoms with Gasteiger partial charge in [-0.25, -0.2) is 14.2 Å². The van der Waals surface area contributed by atoms with Crippen LogP contribution in [0.3, 0.4) is 0 Å². The highest BCUT2D eigenvalue weighted by atomic mass is 32.2. The van der Waals surface area contributed by atoms with Gasteiger partial charge in [0.2, 0.25) is 5.91 Å². The molecule has 0 fully saturated rings. The molecular formula is C23H28FN3O3S. The van der Waals surface area contributed by atoms with E-state index in [-0.39, 0.29) is 30.0 Å². The monoisotopic (exact) mass is 445 g/mol. The summed E-state index contributed by atoms with van der Waals surface area (Å²) in [5.41, 5.74) is 1.76. The van der Waals surface area contributed by atoms with E-state index in [1.807, 2.05) is 19.3 Å². The number of allylic oxidation sites excluding steroid dienone is 1. The Labute approximate surface area is 186 Å². The Bertz CT molecular complexity index is 971. The number of amides is 1. The zero-order valence-corrected chi connectivity index (χ0v) is 19.3. The maximum absolute atomic E-state index is 14.9. The van der Waals surface area contributed by atoms with Gasteiger partial charge in [0.15, 0.2) is 5.17 Å². The molecule has 0 radical (unpaired) electrons. The number of carbonyl (C=O) groups excluding carboxylic acids is 2. The Morgan fingerprint density at radius 3 is 2.65 bits per heavy atom. The molecule has 2 atom stereocenters. The van der Waals surface area contributed by atoms with E-state index in [0.29, 0.717) is 22.1 Å². The summed E-state index contributed by atoms with van der Waals surface area (Å²) in [7, 11) is 0. The largest absolute Gasteiger partial charge is 0.459 e. The molecule has 166 valence electrons. The summed E-state index contributed by atoms with van der Waals surface area (Å²) in [6, 6.07) is 5.64. The molecule has 2 aliphatic heterocycles. The van der Waals surface area contributed by atoms with E-state index in [0.717, 1.165) is 6.42 Å². The van der Waals surface area contributed by atoms with Crippen molar-refractivity contribution in [2.45, 2.75) is 65.6 Å². The zero-order chi connectivity index (χ0) is 22.7. The summed E-state index contributed by atoms with van der Waals surface area (Å²) in [5.74, 6) is -1.10. The summed E-state index contributed by atoms with van der Waals surface area (Å²) in [6.07, 6.45) is 0.595. The SMILES string of the molecule is CC[C@H](C)NC(=O)CC1=CSC2=NC(C)=C(C(=O)OC(C)C)[C@H](c3ccccc3F)N12. The van der Waals surface area contributed by atoms with Crippen molar-refractivity contribution in [3.63, 3.8) is 0 Å². The van der Waals surface area contributed by atoms with Crippen LogP contribution in [0.4, 0.5) is 4.39 Å². The molecule has 8 heteroatoms. The van der Waals surface area contributed by atoms with E-state index in [1.54, 1.807) is 43.9 Å². The maximum Gasteiger partial charge on any atom is 0.338 e. The molecule has 1 aromatic carbocycles. The Morgan fingerprint density at radius 2 is 2.00 bits per heavy atom. The molecular weight excluding hydrogens is 417 g/mol. The molecule has 0 bridgehead atoms. The fourth-order valence-electron chi connectivity index (χ4n) is 3.49. The van der Waals surface area contributed by atoms with Crippen molar-refractivity contribution < 1.29 is 18.7 Å². The molecule has 31 heavy (non-hydrogen) atoms. The number of carbonyl (C=O) groups is 2. The number of rotatable bonds is 7. The first-order valence-corrected chi connectivity index (χ1v) is 11.3. The molecule has 2 aliphatic rings. The van der Waals surface area contributed by atoms with E-state index < -0.39 is 17.8 Å². The van der Waals surface area contributed by atoms with Crippen LogP contribution in [-0.2, 0) is 14.3 Å². The van der Waals surface area contributed by atoms with E-state index in [1.165, 1.54) is 17.8 Å². The number of amidine groups is 1. The van der Waals surface area contributed by atoms with Crippen molar-refractivity contribution in [3.05, 3.63) is 58.0 Å². The molecule has 1 aromatic rings. The number of hydrogen-bond acceptors (Lipinski definition) is 6. The Kier molecular flexibility index (Phi) is 7.20. The normalized spacial score (nSPS) is 19.1. The standard InChI is InChI=1S/C23H28FN3O3S/c1-6-14(4)25-19(28)11-16-12-31-23-26-15(5)20(22(29)30-13(2)3)21(27(16)23)17-9-7-8-10-18(17)24/h7-10,12-14,21H,6,11H2,1-5H3,(H,25,28)/t14-,21-/m0/s1. The number of thioether (sulfide) groups is 1. The molecule has 2 heterocycles. The second-order valence-corrected chi connectivity index (χ2v) is 8.76. The van der Waals surface area contributed by atoms with Crippen LogP contribution in [0.5, 0.6) is 0 Å². The summed E-state index contributed by atoms with van der Waals surface area (Å²) < 4.78 is 20.4. The fourth-order valence-corrected chi connectivity index (χ4v) is 4.46. The quantitative estimate of drug-likeness (QED) is 0.618. The number of benzene rings is 1. The molecule has 1 amide bonds. The summed E-state index contributed by atoms with van der Waals surface area (Å²) in [4.78, 5) is 31.9. The lowest BCUT2D eigenvalue weighted by Crippen LogP contribution is -2.39. The molecule has 0 aliphatic carbocycles. The van der Waals surface area contributed by atoms with Gasteiger partial charge in [0.25, 0.3) is 0 Å². The van der Waals surface area contributed by atoms with Gasteiger partial charge < -0.3 is 15.0 Å². The number of nitrogens with zero attached hydrogens (tertiary/aromatic N) is 2. The van der Waals surface area contributed by atoms with Crippen molar-refractivity contribution in [3.8, 4) is 0 Å². The maximum atomic E-state index is 14.9. The van der Waals surface area contributed by atoms with Crippen LogP contribution in [0.25, 0.3) is 0 Å². The third kappa shape index (κ3) is 5.01. The minimum absolute atomic E-state index is 0.0535. The lowest BCUT2D eigenvalue weighted by Gasteiger charge is -2.36. The van der Waals surface area contributed by atoms with Gasteiger partial charge in [-0.2, -0.15) is 0 Å². The van der Waals surface area contributed by atoms with Crippen LogP contribution in [0.1, 0.15) is 59.1 Å². The number of halogens is 1. The van der Waals surface area contributed by atoms with Crippen LogP contribution >= 0.6 is 11.8 Å². The second kappa shape index (κ2) is 9.68. The van der Waals surface area contributed by atoms with Crippen LogP contribution in [-0.4, -0.2) is 34.1 Å². The number of nitrogens with one attached hydrogen (secondary N) is 1. The second-order valence-electron chi connectivity index (χ2n) is 7.92. The predicted molar refractivity (Wildman–Crippen MR) is 121 cm³/mol. The van der Waals surface area contributed by atoms with Crippen LogP contribution < -0.4 is 5.32 Å². The summed E-state index contributed by atoms with van der Waals surface area (Å²) >= 11 is 1.36. The average molecular weight is 446 g/mol. The Balaban J connectivity index is 2.02. The number of esters is 1. The molecule has 0 aromatic heterocycles. The highest BCUT2D eigenvalue weighted by Gasteiger charge is 2.42. The molecule has 6 nitrogen and oxygen atoms in total. The lowest BCUT2D eigenvalue weighted by molar-refractivity contribution is -0.143. The highest BCUT2D eigenvalue weighted by Crippen LogP contribution is 2.45. The van der Waals surface area contributed by atoms with Gasteiger partial charge in [0, 0.05) is 17.3 Å². The van der Waals surface area contributed by atoms with Crippen molar-refractivity contribution in [2.75, 3.05) is 0 Å². The first kappa shape index (κ1) is 23.1. The van der Waals surface area contributed by atoms with E-state index in [2.05, 4.69) is 10.3 Å². The van der Waals surface area contributed by atoms with Gasteiger partial charge >= 0.3 is 5.97 Å². The first-order chi connectivity index (χ1) is 14.7. The number of fused-ring (bicyclic) bond motifs is 1. The zero-order valence-electron chi connectivity index (χ0n) is 18.4. The minimum Gasteiger partial charge on any atom is -0.459 e. The molecule has 0 saturated carbocycles. The molecule has 1 N–H and O–H groups in total. The van der Waals surface area contributed by atoms with Gasteiger partial charge in [0.05, 0.1) is 29.8 Å². The topological polar surface area (TPSA) is 71.0 Å². The fraction of sp³-hybridized carbons (Fsp3) is 0.435. The smallest absolute Gasteiger partial charge is 0.338 e. The van der Waals surface area contributed by atoms with Crippen molar-refractivity contribution >= 4 is 28.8 Å². The highest BCUT2D eigenvalue weighted by molar-refractivity contribution is 8.16. The summed E-state index contributed by atoms with van der Waals surface area (Å²) in [5, 5.41) is 5.40. The van der Waals surface area contributed by atoms with E-state index >= 15 is 0 Å². The van der Waals surface area contributed by atoms with Crippen LogP contribution in [0.15, 0.2) is 51.6 Å². The first-order valence-electron chi connectivity index (χ1n) is 10.4.